The second kappa shape index (κ2) is 6.29. The predicted octanol–water partition coefficient (Wildman–Crippen LogP) is 3.48. The van der Waals surface area contributed by atoms with Crippen molar-refractivity contribution in [2.45, 2.75) is 18.5 Å². The Balaban J connectivity index is 2.47. The summed E-state index contributed by atoms with van der Waals surface area (Å²) in [5, 5.41) is 0. The fourth-order valence-electron chi connectivity index (χ4n) is 1.28. The number of rotatable bonds is 5. The molecular formula is C11H13F4NOS. The molecule has 0 bridgehead atoms. The summed E-state index contributed by atoms with van der Waals surface area (Å²) in [6.45, 7) is 1.50. The second-order valence-electron chi connectivity index (χ2n) is 3.61. The normalized spacial score (nSPS) is 13.4. The maximum Gasteiger partial charge on any atom is 0.441 e. The van der Waals surface area contributed by atoms with Crippen molar-refractivity contribution >= 4 is 11.8 Å². The Kier molecular flexibility index (Phi) is 5.28. The smallest absolute Gasteiger partial charge is 0.441 e. The summed E-state index contributed by atoms with van der Waals surface area (Å²) in [5.41, 5.74) is 1.59. The van der Waals surface area contributed by atoms with Gasteiger partial charge in [0.2, 0.25) is 0 Å². The average molecular weight is 283 g/mol. The van der Waals surface area contributed by atoms with Crippen LogP contribution in [0.2, 0.25) is 0 Å². The molecule has 2 N–H and O–H groups in total. The fraction of sp³-hybridized carbons (Fsp3) is 0.455. The molecule has 0 heterocycles. The number of thioether (sulfide) groups is 1. The van der Waals surface area contributed by atoms with Crippen molar-refractivity contribution in [1.82, 2.24) is 0 Å². The van der Waals surface area contributed by atoms with Crippen LogP contribution in [0.15, 0.2) is 18.2 Å². The molecule has 0 aromatic heterocycles. The number of halogens is 4. The van der Waals surface area contributed by atoms with E-state index in [0.29, 0.717) is 5.56 Å². The molecule has 0 aliphatic carbocycles. The van der Waals surface area contributed by atoms with Crippen molar-refractivity contribution in [2.75, 3.05) is 12.4 Å². The predicted molar refractivity (Wildman–Crippen MR) is 63.0 cm³/mol. The molecule has 1 atom stereocenters. The summed E-state index contributed by atoms with van der Waals surface area (Å²) in [5.74, 6) is -0.564. The molecule has 0 saturated heterocycles. The Morgan fingerprint density at radius 3 is 2.56 bits per heavy atom. The van der Waals surface area contributed by atoms with E-state index in [2.05, 4.69) is 0 Å². The van der Waals surface area contributed by atoms with E-state index in [1.165, 1.54) is 12.1 Å². The molecule has 0 aliphatic heterocycles. The van der Waals surface area contributed by atoms with E-state index in [-0.39, 0.29) is 29.9 Å². The van der Waals surface area contributed by atoms with Crippen LogP contribution in [0, 0.1) is 5.82 Å². The van der Waals surface area contributed by atoms with Crippen molar-refractivity contribution in [1.29, 1.82) is 0 Å². The molecule has 1 aromatic rings. The molecule has 0 saturated carbocycles. The highest BCUT2D eigenvalue weighted by Crippen LogP contribution is 2.30. The molecule has 2 nitrogen and oxygen atoms in total. The SMILES string of the molecule is C[C@@H](N)c1ccc(OCCSC(F)(F)F)cc1F. The van der Waals surface area contributed by atoms with Crippen LogP contribution in [0.4, 0.5) is 17.6 Å². The summed E-state index contributed by atoms with van der Waals surface area (Å²) in [4.78, 5) is 0. The van der Waals surface area contributed by atoms with Crippen LogP contribution in [0.3, 0.4) is 0 Å². The lowest BCUT2D eigenvalue weighted by molar-refractivity contribution is -0.0329. The molecule has 0 unspecified atom stereocenters. The van der Waals surface area contributed by atoms with Gasteiger partial charge in [-0.1, -0.05) is 6.07 Å². The van der Waals surface area contributed by atoms with Gasteiger partial charge in [-0.2, -0.15) is 13.2 Å². The number of hydrogen-bond acceptors (Lipinski definition) is 3. The highest BCUT2D eigenvalue weighted by Gasteiger charge is 2.27. The lowest BCUT2D eigenvalue weighted by atomic mass is 10.1. The molecule has 0 fully saturated rings. The third-order valence-electron chi connectivity index (χ3n) is 2.08. The van der Waals surface area contributed by atoms with E-state index < -0.39 is 17.4 Å². The van der Waals surface area contributed by atoms with Gasteiger partial charge >= 0.3 is 5.51 Å². The van der Waals surface area contributed by atoms with Gasteiger partial charge in [0.25, 0.3) is 0 Å². The first-order chi connectivity index (χ1) is 8.29. The van der Waals surface area contributed by atoms with E-state index in [1.807, 2.05) is 0 Å². The maximum absolute atomic E-state index is 13.5. The first kappa shape index (κ1) is 15.1. The maximum atomic E-state index is 13.5. The number of benzene rings is 1. The molecule has 1 rings (SSSR count). The molecule has 0 amide bonds. The zero-order valence-electron chi connectivity index (χ0n) is 9.63. The zero-order chi connectivity index (χ0) is 13.8. The lowest BCUT2D eigenvalue weighted by Crippen LogP contribution is -2.09. The first-order valence-corrected chi connectivity index (χ1v) is 6.16. The quantitative estimate of drug-likeness (QED) is 0.664. The van der Waals surface area contributed by atoms with Gasteiger partial charge < -0.3 is 10.5 Å². The molecule has 1 aromatic carbocycles. The Morgan fingerprint density at radius 2 is 2.06 bits per heavy atom. The van der Waals surface area contributed by atoms with Gasteiger partial charge in [-0.3, -0.25) is 0 Å². The minimum absolute atomic E-state index is 0.138. The van der Waals surface area contributed by atoms with E-state index in [1.54, 1.807) is 6.92 Å². The summed E-state index contributed by atoms with van der Waals surface area (Å²) < 4.78 is 53.9. The van der Waals surface area contributed by atoms with Crippen molar-refractivity contribution in [3.05, 3.63) is 29.6 Å². The van der Waals surface area contributed by atoms with Gasteiger partial charge in [0.1, 0.15) is 11.6 Å². The fourth-order valence-corrected chi connectivity index (χ4v) is 1.68. The van der Waals surface area contributed by atoms with E-state index in [0.717, 1.165) is 6.07 Å². The van der Waals surface area contributed by atoms with Crippen molar-refractivity contribution < 1.29 is 22.3 Å². The van der Waals surface area contributed by atoms with Crippen molar-refractivity contribution in [3.63, 3.8) is 0 Å². The van der Waals surface area contributed by atoms with E-state index in [4.69, 9.17) is 10.5 Å². The average Bonchev–Trinajstić information content (AvgIpc) is 2.22. The standard InChI is InChI=1S/C11H13F4NOS/c1-7(16)9-3-2-8(6-10(9)12)17-4-5-18-11(13,14)15/h2-3,6-7H,4-5,16H2,1H3/t7-/m1/s1. The van der Waals surface area contributed by atoms with Gasteiger partial charge in [-0.25, -0.2) is 4.39 Å². The van der Waals surface area contributed by atoms with Crippen LogP contribution < -0.4 is 10.5 Å². The molecule has 0 spiro atoms. The van der Waals surface area contributed by atoms with Gasteiger partial charge in [0, 0.05) is 23.4 Å². The third-order valence-corrected chi connectivity index (χ3v) is 2.78. The van der Waals surface area contributed by atoms with Crippen LogP contribution in [0.1, 0.15) is 18.5 Å². The number of hydrogen-bond donors (Lipinski definition) is 1. The van der Waals surface area contributed by atoms with Gasteiger partial charge in [0.05, 0.1) is 6.61 Å². The van der Waals surface area contributed by atoms with Crippen molar-refractivity contribution in [2.24, 2.45) is 5.73 Å². The Bertz CT molecular complexity index is 395. The largest absolute Gasteiger partial charge is 0.493 e. The Labute approximate surface area is 106 Å². The molecule has 102 valence electrons. The molecule has 7 heteroatoms. The first-order valence-electron chi connectivity index (χ1n) is 5.18. The van der Waals surface area contributed by atoms with Crippen LogP contribution in [-0.4, -0.2) is 17.9 Å². The van der Waals surface area contributed by atoms with E-state index in [9.17, 15) is 17.6 Å². The summed E-state index contributed by atoms with van der Waals surface area (Å²) in [6, 6.07) is 3.63. The van der Waals surface area contributed by atoms with Crippen molar-refractivity contribution in [3.8, 4) is 5.75 Å². The minimum Gasteiger partial charge on any atom is -0.493 e. The topological polar surface area (TPSA) is 35.2 Å². The zero-order valence-corrected chi connectivity index (χ0v) is 10.4. The number of alkyl halides is 3. The Morgan fingerprint density at radius 1 is 1.39 bits per heavy atom. The van der Waals surface area contributed by atoms with Crippen LogP contribution in [-0.2, 0) is 0 Å². The van der Waals surface area contributed by atoms with Gasteiger partial charge in [-0.15, -0.1) is 0 Å². The molecule has 18 heavy (non-hydrogen) atoms. The van der Waals surface area contributed by atoms with E-state index >= 15 is 0 Å². The second-order valence-corrected chi connectivity index (χ2v) is 4.77. The van der Waals surface area contributed by atoms with Crippen LogP contribution in [0.5, 0.6) is 5.75 Å². The lowest BCUT2D eigenvalue weighted by Gasteiger charge is -2.11. The summed E-state index contributed by atoms with van der Waals surface area (Å²) in [6.07, 6.45) is 0. The third kappa shape index (κ3) is 5.14. The van der Waals surface area contributed by atoms with Crippen LogP contribution in [0.25, 0.3) is 0 Å². The summed E-state index contributed by atoms with van der Waals surface area (Å²) in [7, 11) is 0. The molecular weight excluding hydrogens is 270 g/mol. The van der Waals surface area contributed by atoms with Crippen LogP contribution >= 0.6 is 11.8 Å². The summed E-state index contributed by atoms with van der Waals surface area (Å²) >= 11 is -0.174. The minimum atomic E-state index is -4.27. The van der Waals surface area contributed by atoms with Gasteiger partial charge in [0.15, 0.2) is 0 Å². The van der Waals surface area contributed by atoms with Gasteiger partial charge in [-0.05, 0) is 24.8 Å². The molecule has 0 aliphatic rings. The molecule has 0 radical (unpaired) electrons. The number of nitrogens with two attached hydrogens (primary N) is 1. The number of ether oxygens (including phenoxy) is 1. The highest BCUT2D eigenvalue weighted by molar-refractivity contribution is 8.00. The highest BCUT2D eigenvalue weighted by atomic mass is 32.2. The monoisotopic (exact) mass is 283 g/mol. The Hall–Kier alpha value is -0.950.